The number of ether oxygens (including phenoxy) is 3. The van der Waals surface area contributed by atoms with Gasteiger partial charge in [0.15, 0.2) is 0 Å². The van der Waals surface area contributed by atoms with Crippen LogP contribution in [0.4, 0.5) is 0 Å². The van der Waals surface area contributed by atoms with Gasteiger partial charge in [0.05, 0.1) is 0 Å². The summed E-state index contributed by atoms with van der Waals surface area (Å²) in [4.78, 5) is 2.99. The van der Waals surface area contributed by atoms with Crippen LogP contribution in [0, 0.1) is 0 Å². The molecule has 1 saturated heterocycles. The Kier molecular flexibility index (Phi) is 7.34. The molecule has 0 saturated carbocycles. The van der Waals surface area contributed by atoms with Crippen LogP contribution >= 0.6 is 0 Å². The van der Waals surface area contributed by atoms with Crippen molar-refractivity contribution in [1.82, 2.24) is 0 Å². The zero-order chi connectivity index (χ0) is 19.9. The van der Waals surface area contributed by atoms with Crippen LogP contribution in [0.25, 0.3) is 10.4 Å². The van der Waals surface area contributed by atoms with E-state index in [0.29, 0.717) is 6.61 Å². The van der Waals surface area contributed by atoms with Crippen LogP contribution in [0.15, 0.2) is 59.7 Å². The Morgan fingerprint density at radius 1 is 1.18 bits per heavy atom. The third-order valence-electron chi connectivity index (χ3n) is 4.56. The van der Waals surface area contributed by atoms with E-state index in [-0.39, 0.29) is 20.0 Å². The fraction of sp³-hybridized carbons (Fsp3) is 0.400. The third kappa shape index (κ3) is 5.06. The molecule has 1 heterocycles. The molecule has 5 atom stereocenters. The summed E-state index contributed by atoms with van der Waals surface area (Å²) in [6.45, 7) is 2.11. The summed E-state index contributed by atoms with van der Waals surface area (Å²) in [6.07, 6.45) is -1.93. The zero-order valence-electron chi connectivity index (χ0n) is 15.7. The number of aliphatic hydroxyl groups is 1. The Morgan fingerprint density at radius 2 is 1.89 bits per heavy atom. The summed E-state index contributed by atoms with van der Waals surface area (Å²) in [7, 11) is 1.62. The molecule has 1 fully saturated rings. The van der Waals surface area contributed by atoms with Gasteiger partial charge in [-0.1, -0.05) is 0 Å². The number of benzene rings is 2. The number of rotatable bonds is 7. The number of methoxy groups -OCH3 is 1. The van der Waals surface area contributed by atoms with Gasteiger partial charge in [-0.3, -0.25) is 0 Å². The van der Waals surface area contributed by atoms with E-state index in [2.05, 4.69) is 10.0 Å². The molecular weight excluding hydrogens is 425 g/mol. The molecular formula is C20H23N3O4Se. The second kappa shape index (κ2) is 9.94. The molecule has 0 radical (unpaired) electrons. The molecule has 2 aromatic carbocycles. The molecule has 0 amide bonds. The molecule has 0 aromatic heterocycles. The van der Waals surface area contributed by atoms with Crippen LogP contribution in [0.5, 0.6) is 5.75 Å². The molecule has 1 aliphatic heterocycles. The van der Waals surface area contributed by atoms with E-state index in [4.69, 9.17) is 19.7 Å². The normalized spacial score (nSPS) is 27.0. The fourth-order valence-corrected chi connectivity index (χ4v) is 5.46. The van der Waals surface area contributed by atoms with Crippen molar-refractivity contribution in [3.63, 3.8) is 0 Å². The number of hydrogen-bond acceptors (Lipinski definition) is 5. The van der Waals surface area contributed by atoms with Gasteiger partial charge in [0.2, 0.25) is 0 Å². The van der Waals surface area contributed by atoms with Gasteiger partial charge in [-0.15, -0.1) is 0 Å². The number of aliphatic hydroxyl groups excluding tert-OH is 1. The summed E-state index contributed by atoms with van der Waals surface area (Å²) < 4.78 is 18.3. The van der Waals surface area contributed by atoms with Crippen LogP contribution in [-0.2, 0) is 16.1 Å². The molecule has 8 heteroatoms. The van der Waals surface area contributed by atoms with E-state index in [0.717, 1.165) is 15.8 Å². The molecule has 148 valence electrons. The van der Waals surface area contributed by atoms with Crippen LogP contribution in [0.2, 0.25) is 0 Å². The van der Waals surface area contributed by atoms with Gasteiger partial charge in [-0.2, -0.15) is 0 Å². The van der Waals surface area contributed by atoms with Crippen molar-refractivity contribution in [1.29, 1.82) is 0 Å². The minimum absolute atomic E-state index is 0.0871. The Hall–Kier alpha value is -2.05. The average molecular weight is 448 g/mol. The molecule has 1 N–H and O–H groups in total. The summed E-state index contributed by atoms with van der Waals surface area (Å²) >= 11 is -0.0871. The molecule has 1 aliphatic rings. The standard InChI is InChI=1S/C20H23N3O4Se/c1-13-18(24)19(26-12-14-8-10-15(25-2)11-9-14)17(22-23-21)20(27-13)28-16-6-4-3-5-7-16/h3-11,13,17-20,24H,12H2,1-2H3/t13-,17-,18+,19-,20-/m1/s1. The fourth-order valence-electron chi connectivity index (χ4n) is 3.02. The Bertz CT molecular complexity index is 799. The molecule has 0 unspecified atom stereocenters. The van der Waals surface area contributed by atoms with Gasteiger partial charge < -0.3 is 0 Å². The van der Waals surface area contributed by atoms with Gasteiger partial charge in [0.1, 0.15) is 0 Å². The van der Waals surface area contributed by atoms with E-state index in [1.807, 2.05) is 61.5 Å². The number of nitrogens with zero attached hydrogens (tertiary/aromatic N) is 3. The van der Waals surface area contributed by atoms with Gasteiger partial charge in [0, 0.05) is 0 Å². The minimum atomic E-state index is -0.878. The maximum atomic E-state index is 10.6. The molecule has 0 bridgehead atoms. The van der Waals surface area contributed by atoms with Gasteiger partial charge in [-0.25, -0.2) is 0 Å². The van der Waals surface area contributed by atoms with Crippen LogP contribution < -0.4 is 9.20 Å². The van der Waals surface area contributed by atoms with Crippen molar-refractivity contribution in [3.8, 4) is 5.75 Å². The Labute approximate surface area is 170 Å². The zero-order valence-corrected chi connectivity index (χ0v) is 17.4. The predicted molar refractivity (Wildman–Crippen MR) is 107 cm³/mol. The summed E-state index contributed by atoms with van der Waals surface area (Å²) in [5.41, 5.74) is 10.0. The van der Waals surface area contributed by atoms with Crippen LogP contribution in [-0.4, -0.2) is 56.5 Å². The number of hydrogen-bond donors (Lipinski definition) is 1. The first-order valence-corrected chi connectivity index (χ1v) is 10.8. The van der Waals surface area contributed by atoms with E-state index < -0.39 is 24.4 Å². The summed E-state index contributed by atoms with van der Waals surface area (Å²) in [5, 5.41) is 14.3. The Morgan fingerprint density at radius 3 is 2.54 bits per heavy atom. The molecule has 0 aliphatic carbocycles. The van der Waals surface area contributed by atoms with E-state index in [9.17, 15) is 5.11 Å². The predicted octanol–water partition coefficient (Wildman–Crippen LogP) is 2.39. The second-order valence-corrected chi connectivity index (χ2v) is 8.91. The van der Waals surface area contributed by atoms with Crippen molar-refractivity contribution in [2.24, 2.45) is 5.11 Å². The van der Waals surface area contributed by atoms with E-state index in [1.165, 1.54) is 0 Å². The molecule has 3 rings (SSSR count). The summed E-state index contributed by atoms with van der Waals surface area (Å²) in [5.74, 6) is 0.765. The van der Waals surface area contributed by atoms with Gasteiger partial charge >= 0.3 is 170 Å². The van der Waals surface area contributed by atoms with Crippen LogP contribution in [0.1, 0.15) is 12.5 Å². The summed E-state index contributed by atoms with van der Waals surface area (Å²) in [6, 6.07) is 16.9. The maximum absolute atomic E-state index is 10.6. The topological polar surface area (TPSA) is 96.7 Å². The first kappa shape index (κ1) is 20.7. The third-order valence-corrected chi connectivity index (χ3v) is 7.01. The van der Waals surface area contributed by atoms with Crippen LogP contribution in [0.3, 0.4) is 0 Å². The van der Waals surface area contributed by atoms with E-state index >= 15 is 0 Å². The first-order chi connectivity index (χ1) is 13.6. The molecule has 0 spiro atoms. The molecule has 7 nitrogen and oxygen atoms in total. The molecule has 2 aromatic rings. The van der Waals surface area contributed by atoms with Crippen molar-refractivity contribution in [2.75, 3.05) is 7.11 Å². The van der Waals surface area contributed by atoms with Gasteiger partial charge in [0.25, 0.3) is 0 Å². The second-order valence-electron chi connectivity index (χ2n) is 6.45. The van der Waals surface area contributed by atoms with Crippen molar-refractivity contribution >= 4 is 19.4 Å². The first-order valence-electron chi connectivity index (χ1n) is 8.96. The van der Waals surface area contributed by atoms with Crippen molar-refractivity contribution in [2.45, 2.75) is 42.9 Å². The SMILES string of the molecule is COc1ccc(CO[C@H]2[C@@H](O)[C@@H](C)O[C@H]([Se]c3ccccc3)[C@@H]2N=[N+]=[N-])cc1. The number of azide groups is 1. The van der Waals surface area contributed by atoms with Crippen molar-refractivity contribution in [3.05, 3.63) is 70.6 Å². The monoisotopic (exact) mass is 449 g/mol. The van der Waals surface area contributed by atoms with Crippen molar-refractivity contribution < 1.29 is 19.3 Å². The average Bonchev–Trinajstić information content (AvgIpc) is 2.72. The molecule has 28 heavy (non-hydrogen) atoms. The Balaban J connectivity index is 1.76. The quantitative estimate of drug-likeness (QED) is 0.305. The van der Waals surface area contributed by atoms with Gasteiger partial charge in [-0.05, 0) is 0 Å². The van der Waals surface area contributed by atoms with E-state index in [1.54, 1.807) is 7.11 Å².